The predicted octanol–water partition coefficient (Wildman–Crippen LogP) is 5.25. The highest BCUT2D eigenvalue weighted by Crippen LogP contribution is 2.67. The quantitative estimate of drug-likeness (QED) is 0.549. The predicted molar refractivity (Wildman–Crippen MR) is 122 cm³/mol. The molecule has 0 aliphatic heterocycles. The summed E-state index contributed by atoms with van der Waals surface area (Å²) in [5.74, 6) is 3.35. The maximum atomic E-state index is 11.1. The highest BCUT2D eigenvalue weighted by Gasteiger charge is 2.60. The fourth-order valence-corrected chi connectivity index (χ4v) is 8.41. The van der Waals surface area contributed by atoms with Crippen LogP contribution in [0.4, 0.5) is 0 Å². The Hall–Kier alpha value is -0.640. The number of fused-ring (bicyclic) bond motifs is 5. The average molecular weight is 417 g/mol. The van der Waals surface area contributed by atoms with Crippen molar-refractivity contribution < 1.29 is 15.3 Å². The van der Waals surface area contributed by atoms with E-state index in [4.69, 9.17) is 0 Å². The fraction of sp³-hybridized carbons (Fsp3) is 0.852. The van der Waals surface area contributed by atoms with Crippen molar-refractivity contribution in [3.63, 3.8) is 0 Å². The van der Waals surface area contributed by atoms with Crippen LogP contribution in [0.3, 0.4) is 0 Å². The minimum absolute atomic E-state index is 0.136. The third kappa shape index (κ3) is 3.63. The van der Waals surface area contributed by atoms with E-state index in [9.17, 15) is 15.3 Å². The molecule has 0 amide bonds. The molecule has 0 radical (unpaired) electrons. The van der Waals surface area contributed by atoms with E-state index in [1.807, 2.05) is 19.9 Å². The molecule has 30 heavy (non-hydrogen) atoms. The molecule has 4 aliphatic carbocycles. The number of hydrogen-bond donors (Lipinski definition) is 3. The molecule has 4 aliphatic rings. The largest absolute Gasteiger partial charge is 0.393 e. The van der Waals surface area contributed by atoms with E-state index in [0.717, 1.165) is 31.1 Å². The van der Waals surface area contributed by atoms with E-state index in [2.05, 4.69) is 32.9 Å². The van der Waals surface area contributed by atoms with Gasteiger partial charge in [-0.3, -0.25) is 0 Å². The van der Waals surface area contributed by atoms with E-state index in [0.29, 0.717) is 29.6 Å². The number of aliphatic hydroxyl groups excluding tert-OH is 2. The van der Waals surface area contributed by atoms with Gasteiger partial charge >= 0.3 is 0 Å². The zero-order chi connectivity index (χ0) is 21.9. The Morgan fingerprint density at radius 3 is 2.60 bits per heavy atom. The van der Waals surface area contributed by atoms with Crippen molar-refractivity contribution in [3.05, 3.63) is 23.8 Å². The highest BCUT2D eigenvalue weighted by atomic mass is 16.3. The third-order valence-corrected chi connectivity index (χ3v) is 9.97. The summed E-state index contributed by atoms with van der Waals surface area (Å²) in [6.07, 6.45) is 14.3. The Morgan fingerprint density at radius 1 is 1.17 bits per heavy atom. The Kier molecular flexibility index (Phi) is 5.82. The molecule has 170 valence electrons. The Balaban J connectivity index is 1.53. The summed E-state index contributed by atoms with van der Waals surface area (Å²) in [6.45, 7) is 10.9. The molecule has 3 N–H and O–H groups in total. The third-order valence-electron chi connectivity index (χ3n) is 9.97. The van der Waals surface area contributed by atoms with Gasteiger partial charge in [-0.2, -0.15) is 0 Å². The van der Waals surface area contributed by atoms with Crippen LogP contribution in [0.2, 0.25) is 0 Å². The van der Waals surface area contributed by atoms with Crippen LogP contribution in [0.1, 0.15) is 86.0 Å². The van der Waals surface area contributed by atoms with E-state index in [1.54, 1.807) is 0 Å². The van der Waals surface area contributed by atoms with Crippen LogP contribution >= 0.6 is 0 Å². The van der Waals surface area contributed by atoms with Crippen LogP contribution < -0.4 is 0 Å². The van der Waals surface area contributed by atoms with Crippen molar-refractivity contribution in [1.82, 2.24) is 0 Å². The standard InChI is InChI=1S/C27H44O3/c1-17(7-6-13-25(2,3)30)21-10-11-22-20-9-8-18-15-19(28)16-24(29)27(18,5)23(20)12-14-26(21,22)4/h6,8,13,17,19-24,28-30H,7,9-12,14-16H2,1-5H3/b13-6-/t17-,19-,20+,21-,22+,23+,24+,26-,27+/m1/s1. The molecule has 3 heteroatoms. The molecule has 3 fully saturated rings. The first-order chi connectivity index (χ1) is 14.0. The number of aliphatic hydroxyl groups is 3. The molecule has 0 aromatic rings. The first kappa shape index (κ1) is 22.6. The highest BCUT2D eigenvalue weighted by molar-refractivity contribution is 5.27. The summed E-state index contributed by atoms with van der Waals surface area (Å²) in [6, 6.07) is 0. The summed E-state index contributed by atoms with van der Waals surface area (Å²) in [4.78, 5) is 0. The van der Waals surface area contributed by atoms with E-state index in [-0.39, 0.29) is 11.5 Å². The van der Waals surface area contributed by atoms with Gasteiger partial charge in [-0.05, 0) is 93.8 Å². The Morgan fingerprint density at radius 2 is 1.90 bits per heavy atom. The van der Waals surface area contributed by atoms with Gasteiger partial charge in [0.25, 0.3) is 0 Å². The average Bonchev–Trinajstić information content (AvgIpc) is 2.99. The lowest BCUT2D eigenvalue weighted by atomic mass is 9.46. The van der Waals surface area contributed by atoms with E-state index < -0.39 is 11.7 Å². The Bertz CT molecular complexity index is 703. The summed E-state index contributed by atoms with van der Waals surface area (Å²) in [7, 11) is 0. The van der Waals surface area contributed by atoms with Gasteiger partial charge < -0.3 is 15.3 Å². The molecule has 3 saturated carbocycles. The van der Waals surface area contributed by atoms with Crippen molar-refractivity contribution in [2.45, 2.75) is 104 Å². The zero-order valence-corrected chi connectivity index (χ0v) is 19.8. The van der Waals surface area contributed by atoms with Gasteiger partial charge in [-0.15, -0.1) is 0 Å². The SMILES string of the molecule is C[C@H](C/C=C\C(C)(C)O)[C@H]1CC[C@H]2[C@@H]3CC=C4C[C@@H](O)C[C@H](O)[C@]4(C)[C@H]3CC[C@]12C. The molecular weight excluding hydrogens is 372 g/mol. The van der Waals surface area contributed by atoms with Crippen molar-refractivity contribution in [1.29, 1.82) is 0 Å². The molecule has 0 heterocycles. The molecule has 3 nitrogen and oxygen atoms in total. The van der Waals surface area contributed by atoms with Gasteiger partial charge in [0.1, 0.15) is 0 Å². The molecular formula is C27H44O3. The normalized spacial score (nSPS) is 47.4. The second-order valence-corrected chi connectivity index (χ2v) is 12.2. The molecule has 4 rings (SSSR count). The number of rotatable bonds is 4. The van der Waals surface area contributed by atoms with Crippen LogP contribution in [-0.2, 0) is 0 Å². The number of allylic oxidation sites excluding steroid dienone is 2. The van der Waals surface area contributed by atoms with Gasteiger partial charge in [0.15, 0.2) is 0 Å². The van der Waals surface area contributed by atoms with Gasteiger partial charge in [-0.1, -0.05) is 44.6 Å². The van der Waals surface area contributed by atoms with Gasteiger partial charge in [-0.25, -0.2) is 0 Å². The summed E-state index contributed by atoms with van der Waals surface area (Å²) in [5, 5.41) is 31.3. The van der Waals surface area contributed by atoms with Crippen molar-refractivity contribution in [2.75, 3.05) is 0 Å². The maximum Gasteiger partial charge on any atom is 0.0771 e. The van der Waals surface area contributed by atoms with Gasteiger partial charge in [0, 0.05) is 11.8 Å². The van der Waals surface area contributed by atoms with Crippen molar-refractivity contribution >= 4 is 0 Å². The smallest absolute Gasteiger partial charge is 0.0771 e. The molecule has 0 unspecified atom stereocenters. The monoisotopic (exact) mass is 416 g/mol. The number of hydrogen-bond acceptors (Lipinski definition) is 3. The summed E-state index contributed by atoms with van der Waals surface area (Å²) >= 11 is 0. The van der Waals surface area contributed by atoms with Crippen LogP contribution in [0.5, 0.6) is 0 Å². The molecule has 0 aromatic carbocycles. The Labute approximate surface area is 183 Å². The van der Waals surface area contributed by atoms with Gasteiger partial charge in [0.05, 0.1) is 17.8 Å². The fourth-order valence-electron chi connectivity index (χ4n) is 8.41. The summed E-state index contributed by atoms with van der Waals surface area (Å²) in [5.41, 5.74) is 0.862. The molecule has 0 aromatic heterocycles. The molecule has 0 bridgehead atoms. The topological polar surface area (TPSA) is 60.7 Å². The first-order valence-electron chi connectivity index (χ1n) is 12.4. The lowest BCUT2D eigenvalue weighted by molar-refractivity contribution is -0.107. The first-order valence-corrected chi connectivity index (χ1v) is 12.4. The van der Waals surface area contributed by atoms with E-state index in [1.165, 1.54) is 31.3 Å². The van der Waals surface area contributed by atoms with Crippen LogP contribution in [0.15, 0.2) is 23.8 Å². The van der Waals surface area contributed by atoms with Crippen LogP contribution in [0.25, 0.3) is 0 Å². The van der Waals surface area contributed by atoms with E-state index >= 15 is 0 Å². The lowest BCUT2D eigenvalue weighted by Crippen LogP contribution is -2.55. The van der Waals surface area contributed by atoms with Crippen LogP contribution in [-0.4, -0.2) is 33.1 Å². The second-order valence-electron chi connectivity index (χ2n) is 12.2. The van der Waals surface area contributed by atoms with Crippen molar-refractivity contribution in [2.24, 2.45) is 40.4 Å². The minimum atomic E-state index is -0.726. The minimum Gasteiger partial charge on any atom is -0.393 e. The zero-order valence-electron chi connectivity index (χ0n) is 19.8. The maximum absolute atomic E-state index is 11.1. The second kappa shape index (κ2) is 7.74. The molecule has 9 atom stereocenters. The lowest BCUT2D eigenvalue weighted by Gasteiger charge is -2.59. The summed E-state index contributed by atoms with van der Waals surface area (Å²) < 4.78 is 0. The molecule has 0 spiro atoms. The van der Waals surface area contributed by atoms with Crippen LogP contribution in [0, 0.1) is 40.4 Å². The van der Waals surface area contributed by atoms with Crippen molar-refractivity contribution in [3.8, 4) is 0 Å². The molecule has 0 saturated heterocycles. The van der Waals surface area contributed by atoms with Gasteiger partial charge in [0.2, 0.25) is 0 Å².